The van der Waals surface area contributed by atoms with E-state index in [1.54, 1.807) is 6.07 Å². The Hall–Kier alpha value is -0.770. The third-order valence-electron chi connectivity index (χ3n) is 2.25. The first-order valence-corrected chi connectivity index (χ1v) is 10.1. The van der Waals surface area contributed by atoms with Crippen LogP contribution in [0.4, 0.5) is 0 Å². The van der Waals surface area contributed by atoms with Crippen LogP contribution in [0.15, 0.2) is 30.3 Å². The van der Waals surface area contributed by atoms with Crippen LogP contribution in [0.3, 0.4) is 0 Å². The molecule has 0 saturated carbocycles. The van der Waals surface area contributed by atoms with Crippen LogP contribution < -0.4 is 0 Å². The number of hydrogen-bond acceptors (Lipinski definition) is 5. The number of benzene rings is 1. The third kappa shape index (κ3) is 4.11. The molecule has 0 aromatic heterocycles. The third-order valence-corrected chi connectivity index (χ3v) is 9.18. The molecule has 0 spiro atoms. The lowest BCUT2D eigenvalue weighted by Gasteiger charge is -2.21. The Labute approximate surface area is 117 Å². The Morgan fingerprint density at radius 3 is 1.95 bits per heavy atom. The van der Waals surface area contributed by atoms with Crippen LogP contribution in [0.2, 0.25) is 0 Å². The van der Waals surface area contributed by atoms with Crippen molar-refractivity contribution in [2.24, 2.45) is 0 Å². The molecule has 0 fully saturated rings. The van der Waals surface area contributed by atoms with Gasteiger partial charge in [0.05, 0.1) is 11.5 Å². The molecule has 0 aliphatic rings. The first-order chi connectivity index (χ1) is 9.00. The highest BCUT2D eigenvalue weighted by atomic mass is 32.3. The molecule has 1 rings (SSSR count). The summed E-state index contributed by atoms with van der Waals surface area (Å²) in [6.07, 6.45) is 0. The van der Waals surface area contributed by atoms with E-state index in [-0.39, 0.29) is 5.56 Å². The van der Waals surface area contributed by atoms with Gasteiger partial charge in [-0.3, -0.25) is 0 Å². The van der Waals surface area contributed by atoms with Crippen molar-refractivity contribution in [3.05, 3.63) is 35.9 Å². The minimum atomic E-state index is -5.51. The molecular formula is C9H14NO7PS2. The number of sulfonamides is 2. The van der Waals surface area contributed by atoms with Crippen LogP contribution in [0.5, 0.6) is 0 Å². The van der Waals surface area contributed by atoms with Gasteiger partial charge in [-0.15, -0.1) is 0 Å². The molecule has 0 radical (unpaired) electrons. The highest BCUT2D eigenvalue weighted by molar-refractivity contribution is 8.09. The maximum atomic E-state index is 12.0. The standard InChI is InChI=1S/C9H14NO7PS2/c1-2-19(14,15)10(18(11,12)13)20(16,17)8-9-6-4-3-5-7-9/h3-7H,2,8H2,1H3,(H2,11,12,13). The van der Waals surface area contributed by atoms with Gasteiger partial charge in [0.1, 0.15) is 0 Å². The smallest absolute Gasteiger partial charge is 0.311 e. The maximum Gasteiger partial charge on any atom is 0.430 e. The minimum Gasteiger partial charge on any atom is -0.311 e. The fourth-order valence-corrected chi connectivity index (χ4v) is 7.36. The zero-order chi connectivity index (χ0) is 15.6. The molecule has 0 heterocycles. The van der Waals surface area contributed by atoms with Gasteiger partial charge >= 0.3 is 7.75 Å². The summed E-state index contributed by atoms with van der Waals surface area (Å²) in [5.41, 5.74) is 0.220. The van der Waals surface area contributed by atoms with Gasteiger partial charge in [0.2, 0.25) is 20.0 Å². The molecule has 1 aromatic rings. The Balaban J connectivity index is 3.31. The molecule has 0 aliphatic carbocycles. The Morgan fingerprint density at radius 2 is 1.55 bits per heavy atom. The fraction of sp³-hybridized carbons (Fsp3) is 0.333. The van der Waals surface area contributed by atoms with Crippen LogP contribution in [-0.2, 0) is 30.4 Å². The van der Waals surface area contributed by atoms with Crippen molar-refractivity contribution < 1.29 is 31.2 Å². The van der Waals surface area contributed by atoms with E-state index in [0.29, 0.717) is 0 Å². The van der Waals surface area contributed by atoms with Crippen molar-refractivity contribution in [3.63, 3.8) is 0 Å². The van der Waals surface area contributed by atoms with Crippen molar-refractivity contribution in [2.45, 2.75) is 12.7 Å². The van der Waals surface area contributed by atoms with Gasteiger partial charge in [0.25, 0.3) is 0 Å². The van der Waals surface area contributed by atoms with E-state index in [1.807, 2.05) is 0 Å². The predicted molar refractivity (Wildman–Crippen MR) is 72.4 cm³/mol. The zero-order valence-electron chi connectivity index (χ0n) is 10.4. The molecule has 1 aromatic carbocycles. The summed E-state index contributed by atoms with van der Waals surface area (Å²) in [5.74, 6) is -1.57. The second kappa shape index (κ2) is 5.92. The van der Waals surface area contributed by atoms with E-state index in [0.717, 1.165) is 6.92 Å². The SMILES string of the molecule is CCS(=O)(=O)N(P(=O)(O)O)S(=O)(=O)Cc1ccccc1. The first-order valence-electron chi connectivity index (χ1n) is 5.36. The molecule has 0 atom stereocenters. The van der Waals surface area contributed by atoms with Crippen LogP contribution in [0.1, 0.15) is 12.5 Å². The summed E-state index contributed by atoms with van der Waals surface area (Å²) in [6, 6.07) is 7.50. The molecular weight excluding hydrogens is 329 g/mol. The molecule has 114 valence electrons. The molecule has 2 N–H and O–H groups in total. The molecule has 11 heteroatoms. The largest absolute Gasteiger partial charge is 0.430 e. The van der Waals surface area contributed by atoms with Crippen molar-refractivity contribution in [1.82, 2.24) is 3.48 Å². The van der Waals surface area contributed by atoms with Gasteiger partial charge in [0.15, 0.2) is 0 Å². The van der Waals surface area contributed by atoms with Crippen LogP contribution in [0, 0.1) is 0 Å². The minimum absolute atomic E-state index is 0.220. The monoisotopic (exact) mass is 343 g/mol. The van der Waals surface area contributed by atoms with E-state index in [2.05, 4.69) is 0 Å². The number of nitrogens with zero attached hydrogens (tertiary/aromatic N) is 1. The fourth-order valence-electron chi connectivity index (χ4n) is 1.45. The number of rotatable bonds is 6. The lowest BCUT2D eigenvalue weighted by molar-refractivity contribution is 0.345. The number of hydrogen-bond donors (Lipinski definition) is 2. The van der Waals surface area contributed by atoms with Crippen LogP contribution in [-0.4, -0.2) is 35.9 Å². The highest BCUT2D eigenvalue weighted by Crippen LogP contribution is 2.45. The van der Waals surface area contributed by atoms with Crippen molar-refractivity contribution >= 4 is 27.8 Å². The molecule has 20 heavy (non-hydrogen) atoms. The lowest BCUT2D eigenvalue weighted by Crippen LogP contribution is -2.36. The molecule has 0 amide bonds. The highest BCUT2D eigenvalue weighted by Gasteiger charge is 2.45. The summed E-state index contributed by atoms with van der Waals surface area (Å²) in [5, 5.41) is 0. The Kier molecular flexibility index (Phi) is 5.12. The van der Waals surface area contributed by atoms with Crippen molar-refractivity contribution in [3.8, 4) is 0 Å². The van der Waals surface area contributed by atoms with Gasteiger partial charge in [-0.25, -0.2) is 21.4 Å². The van der Waals surface area contributed by atoms with E-state index < -0.39 is 42.8 Å². The predicted octanol–water partition coefficient (Wildman–Crippen LogP) is 0.261. The van der Waals surface area contributed by atoms with E-state index in [1.165, 1.54) is 24.3 Å². The van der Waals surface area contributed by atoms with Gasteiger partial charge in [-0.2, -0.15) is 0 Å². The quantitative estimate of drug-likeness (QED) is 0.709. The Morgan fingerprint density at radius 1 is 1.05 bits per heavy atom. The average molecular weight is 343 g/mol. The van der Waals surface area contributed by atoms with Crippen LogP contribution in [0.25, 0.3) is 0 Å². The molecule has 0 unspecified atom stereocenters. The summed E-state index contributed by atoms with van der Waals surface area (Å²) in [4.78, 5) is 18.1. The van der Waals surface area contributed by atoms with Gasteiger partial charge in [-0.1, -0.05) is 30.3 Å². The first kappa shape index (κ1) is 17.3. The maximum absolute atomic E-state index is 12.0. The average Bonchev–Trinajstić information content (AvgIpc) is 2.26. The van der Waals surface area contributed by atoms with E-state index in [4.69, 9.17) is 9.79 Å². The van der Waals surface area contributed by atoms with E-state index in [9.17, 15) is 21.4 Å². The topological polar surface area (TPSA) is 129 Å². The molecule has 8 nitrogen and oxygen atoms in total. The van der Waals surface area contributed by atoms with Crippen molar-refractivity contribution in [2.75, 3.05) is 5.75 Å². The summed E-state index contributed by atoms with van der Waals surface area (Å²) in [7, 11) is -14.8. The second-order valence-corrected chi connectivity index (χ2v) is 9.96. The van der Waals surface area contributed by atoms with Gasteiger partial charge in [-0.05, 0) is 12.5 Å². The second-order valence-electron chi connectivity index (χ2n) is 3.83. The normalized spacial score (nSPS) is 13.6. The Bertz CT molecular complexity index is 708. The summed E-state index contributed by atoms with van der Waals surface area (Å²) < 4.78 is 57.8. The van der Waals surface area contributed by atoms with Gasteiger partial charge in [0, 0.05) is 3.48 Å². The summed E-state index contributed by atoms with van der Waals surface area (Å²) >= 11 is 0. The molecule has 0 saturated heterocycles. The zero-order valence-corrected chi connectivity index (χ0v) is 13.0. The van der Waals surface area contributed by atoms with E-state index >= 15 is 0 Å². The van der Waals surface area contributed by atoms with Gasteiger partial charge < -0.3 is 9.79 Å². The summed E-state index contributed by atoms with van der Waals surface area (Å²) in [6.45, 7) is 1.09. The van der Waals surface area contributed by atoms with Crippen LogP contribution >= 0.6 is 7.75 Å². The molecule has 0 bridgehead atoms. The lowest BCUT2D eigenvalue weighted by atomic mass is 10.2. The molecule has 0 aliphatic heterocycles. The van der Waals surface area contributed by atoms with Crippen molar-refractivity contribution in [1.29, 1.82) is 0 Å².